The summed E-state index contributed by atoms with van der Waals surface area (Å²) in [5.74, 6) is -0.451. The van der Waals surface area contributed by atoms with Crippen LogP contribution in [-0.2, 0) is 7.05 Å². The van der Waals surface area contributed by atoms with Gasteiger partial charge in [0.1, 0.15) is 5.82 Å². The normalized spacial score (nSPS) is 11.1. The van der Waals surface area contributed by atoms with Gasteiger partial charge in [-0.25, -0.2) is 4.39 Å². The van der Waals surface area contributed by atoms with Crippen molar-refractivity contribution in [2.45, 2.75) is 0 Å². The molecule has 0 saturated carbocycles. The highest BCUT2D eigenvalue weighted by Gasteiger charge is 2.09. The Morgan fingerprint density at radius 3 is 2.74 bits per heavy atom. The Hall–Kier alpha value is -2.00. The van der Waals surface area contributed by atoms with Crippen molar-refractivity contribution in [3.05, 3.63) is 53.4 Å². The molecule has 19 heavy (non-hydrogen) atoms. The van der Waals surface area contributed by atoms with E-state index in [0.717, 1.165) is 16.5 Å². The lowest BCUT2D eigenvalue weighted by Crippen LogP contribution is -1.92. The second-order valence-electron chi connectivity index (χ2n) is 4.55. The summed E-state index contributed by atoms with van der Waals surface area (Å²) in [7, 11) is 1.98. The van der Waals surface area contributed by atoms with Crippen molar-refractivity contribution in [2.75, 3.05) is 5.73 Å². The van der Waals surface area contributed by atoms with Gasteiger partial charge in [0, 0.05) is 29.7 Å². The Morgan fingerprint density at radius 1 is 1.16 bits per heavy atom. The van der Waals surface area contributed by atoms with Gasteiger partial charge in [0.05, 0.1) is 10.7 Å². The fourth-order valence-electron chi connectivity index (χ4n) is 2.23. The van der Waals surface area contributed by atoms with Crippen molar-refractivity contribution < 1.29 is 4.39 Å². The van der Waals surface area contributed by atoms with E-state index in [4.69, 9.17) is 17.3 Å². The van der Waals surface area contributed by atoms with Crippen LogP contribution >= 0.6 is 11.6 Å². The van der Waals surface area contributed by atoms with Crippen LogP contribution in [0.3, 0.4) is 0 Å². The number of rotatable bonds is 1. The molecular formula is C15H12ClFN2. The third-order valence-electron chi connectivity index (χ3n) is 3.28. The highest BCUT2D eigenvalue weighted by atomic mass is 35.5. The van der Waals surface area contributed by atoms with Gasteiger partial charge in [-0.2, -0.15) is 0 Å². The summed E-state index contributed by atoms with van der Waals surface area (Å²) < 4.78 is 15.6. The minimum atomic E-state index is -0.451. The van der Waals surface area contributed by atoms with Crippen LogP contribution in [0.25, 0.3) is 22.0 Å². The second-order valence-corrected chi connectivity index (χ2v) is 4.96. The predicted molar refractivity (Wildman–Crippen MR) is 77.7 cm³/mol. The molecule has 1 aromatic heterocycles. The molecule has 3 aromatic rings. The molecule has 0 bridgehead atoms. The van der Waals surface area contributed by atoms with E-state index in [2.05, 4.69) is 0 Å². The van der Waals surface area contributed by atoms with Crippen LogP contribution < -0.4 is 5.73 Å². The van der Waals surface area contributed by atoms with Gasteiger partial charge in [-0.15, -0.1) is 0 Å². The Labute approximate surface area is 115 Å². The largest absolute Gasteiger partial charge is 0.396 e. The maximum Gasteiger partial charge on any atom is 0.146 e. The number of halogens is 2. The van der Waals surface area contributed by atoms with Crippen LogP contribution in [0.4, 0.5) is 10.1 Å². The molecule has 0 fully saturated rings. The lowest BCUT2D eigenvalue weighted by molar-refractivity contribution is 0.633. The van der Waals surface area contributed by atoms with Crippen LogP contribution in [0.5, 0.6) is 0 Å². The number of hydrogen-bond acceptors (Lipinski definition) is 1. The van der Waals surface area contributed by atoms with Gasteiger partial charge in [0.2, 0.25) is 0 Å². The number of aromatic nitrogens is 1. The number of benzene rings is 2. The minimum absolute atomic E-state index is 0.0644. The first-order chi connectivity index (χ1) is 9.06. The second kappa shape index (κ2) is 4.28. The summed E-state index contributed by atoms with van der Waals surface area (Å²) in [6, 6.07) is 10.8. The fourth-order valence-corrected chi connectivity index (χ4v) is 2.51. The molecule has 96 valence electrons. The maximum atomic E-state index is 13.6. The Bertz CT molecular complexity index is 777. The summed E-state index contributed by atoms with van der Waals surface area (Å²) in [5.41, 5.74) is 8.21. The first-order valence-corrected chi connectivity index (χ1v) is 6.24. The molecule has 4 heteroatoms. The predicted octanol–water partition coefficient (Wildman–Crippen LogP) is 4.22. The molecule has 0 aliphatic heterocycles. The summed E-state index contributed by atoms with van der Waals surface area (Å²) >= 11 is 6.14. The van der Waals surface area contributed by atoms with Crippen LogP contribution in [-0.4, -0.2) is 4.57 Å². The van der Waals surface area contributed by atoms with Crippen molar-refractivity contribution >= 4 is 28.2 Å². The number of fused-ring (bicyclic) bond motifs is 1. The smallest absolute Gasteiger partial charge is 0.146 e. The zero-order valence-corrected chi connectivity index (χ0v) is 11.1. The van der Waals surface area contributed by atoms with Crippen LogP contribution in [0.15, 0.2) is 42.6 Å². The van der Waals surface area contributed by atoms with Gasteiger partial charge >= 0.3 is 0 Å². The molecule has 1 heterocycles. The van der Waals surface area contributed by atoms with Crippen LogP contribution in [0, 0.1) is 5.82 Å². The lowest BCUT2D eigenvalue weighted by atomic mass is 10.0. The van der Waals surface area contributed by atoms with E-state index in [9.17, 15) is 4.39 Å². The Kier molecular flexibility index (Phi) is 2.72. The molecule has 2 N–H and O–H groups in total. The van der Waals surface area contributed by atoms with Gasteiger partial charge in [0.25, 0.3) is 0 Å². The van der Waals surface area contributed by atoms with E-state index >= 15 is 0 Å². The van der Waals surface area contributed by atoms with Crippen molar-refractivity contribution in [3.8, 4) is 11.1 Å². The zero-order valence-electron chi connectivity index (χ0n) is 10.3. The summed E-state index contributed by atoms with van der Waals surface area (Å²) in [5, 5.41) is 1.54. The summed E-state index contributed by atoms with van der Waals surface area (Å²) in [4.78, 5) is 0. The highest BCUT2D eigenvalue weighted by molar-refractivity contribution is 6.33. The molecular weight excluding hydrogens is 263 g/mol. The summed E-state index contributed by atoms with van der Waals surface area (Å²) in [6.07, 6.45) is 1.99. The monoisotopic (exact) mass is 274 g/mol. The van der Waals surface area contributed by atoms with E-state index in [0.29, 0.717) is 10.6 Å². The number of nitrogen functional groups attached to an aromatic ring is 1. The van der Waals surface area contributed by atoms with Crippen molar-refractivity contribution in [2.24, 2.45) is 7.05 Å². The number of hydrogen-bond donors (Lipinski definition) is 1. The lowest BCUT2D eigenvalue weighted by Gasteiger charge is -2.07. The molecule has 0 unspecified atom stereocenters. The Morgan fingerprint density at radius 2 is 1.95 bits per heavy atom. The molecule has 0 aliphatic carbocycles. The molecule has 2 nitrogen and oxygen atoms in total. The standard InChI is InChI=1S/C15H12ClFN2/c1-19-5-4-10-6-9(2-3-15(10)19)11-7-13(17)14(18)8-12(11)16/h2-8H,18H2,1H3. The topological polar surface area (TPSA) is 30.9 Å². The van der Waals surface area contributed by atoms with Crippen LogP contribution in [0.2, 0.25) is 5.02 Å². The molecule has 0 aliphatic rings. The fraction of sp³-hybridized carbons (Fsp3) is 0.0667. The highest BCUT2D eigenvalue weighted by Crippen LogP contribution is 2.33. The van der Waals surface area contributed by atoms with E-state index in [-0.39, 0.29) is 5.69 Å². The van der Waals surface area contributed by atoms with Crippen molar-refractivity contribution in [1.29, 1.82) is 0 Å². The number of aryl methyl sites for hydroxylation is 1. The van der Waals surface area contributed by atoms with Gasteiger partial charge in [0.15, 0.2) is 0 Å². The first kappa shape index (κ1) is 12.1. The van der Waals surface area contributed by atoms with Gasteiger partial charge in [-0.1, -0.05) is 17.7 Å². The molecule has 0 radical (unpaired) electrons. The van der Waals surface area contributed by atoms with Crippen LogP contribution in [0.1, 0.15) is 0 Å². The van der Waals surface area contributed by atoms with Gasteiger partial charge in [-0.3, -0.25) is 0 Å². The van der Waals surface area contributed by atoms with E-state index in [1.807, 2.05) is 42.1 Å². The van der Waals surface area contributed by atoms with E-state index < -0.39 is 5.82 Å². The van der Waals surface area contributed by atoms with Crippen molar-refractivity contribution in [1.82, 2.24) is 4.57 Å². The average molecular weight is 275 g/mol. The summed E-state index contributed by atoms with van der Waals surface area (Å²) in [6.45, 7) is 0. The number of anilines is 1. The van der Waals surface area contributed by atoms with E-state index in [1.54, 1.807) is 0 Å². The SMILES string of the molecule is Cn1ccc2cc(-c3cc(F)c(N)cc3Cl)ccc21. The molecule has 0 saturated heterocycles. The van der Waals surface area contributed by atoms with Crippen molar-refractivity contribution in [3.63, 3.8) is 0 Å². The van der Waals surface area contributed by atoms with Gasteiger partial charge < -0.3 is 10.3 Å². The molecule has 0 spiro atoms. The third-order valence-corrected chi connectivity index (χ3v) is 3.60. The number of nitrogens with zero attached hydrogens (tertiary/aromatic N) is 1. The zero-order chi connectivity index (χ0) is 13.6. The average Bonchev–Trinajstić information content (AvgIpc) is 2.75. The Balaban J connectivity index is 2.21. The molecule has 0 amide bonds. The quantitative estimate of drug-likeness (QED) is 0.662. The van der Waals surface area contributed by atoms with Gasteiger partial charge in [-0.05, 0) is 35.9 Å². The maximum absolute atomic E-state index is 13.6. The molecule has 0 atom stereocenters. The third kappa shape index (κ3) is 1.96. The van der Waals surface area contributed by atoms with E-state index in [1.165, 1.54) is 12.1 Å². The molecule has 3 rings (SSSR count). The first-order valence-electron chi connectivity index (χ1n) is 5.86. The minimum Gasteiger partial charge on any atom is -0.396 e. The molecule has 2 aromatic carbocycles. The number of nitrogens with two attached hydrogens (primary N) is 1.